The zero-order chi connectivity index (χ0) is 14.8. The van der Waals surface area contributed by atoms with Crippen LogP contribution in [0.15, 0.2) is 0 Å². The topological polar surface area (TPSA) is 49.4 Å². The lowest BCUT2D eigenvalue weighted by Crippen LogP contribution is -2.40. The molecule has 0 saturated heterocycles. The van der Waals surface area contributed by atoms with Gasteiger partial charge in [0.25, 0.3) is 0 Å². The Labute approximate surface area is 123 Å². The molecule has 1 aliphatic rings. The Morgan fingerprint density at radius 2 is 1.85 bits per heavy atom. The fraction of sp³-hybridized carbons (Fsp3) is 0.875. The van der Waals surface area contributed by atoms with Crippen molar-refractivity contribution in [2.75, 3.05) is 19.6 Å². The molecule has 0 aromatic carbocycles. The lowest BCUT2D eigenvalue weighted by molar-refractivity contribution is -0.136. The van der Waals surface area contributed by atoms with Gasteiger partial charge in [0.15, 0.2) is 0 Å². The van der Waals surface area contributed by atoms with Gasteiger partial charge in [-0.1, -0.05) is 32.1 Å². The van der Waals surface area contributed by atoms with Crippen molar-refractivity contribution in [2.45, 2.75) is 65.2 Å². The van der Waals surface area contributed by atoms with Crippen LogP contribution in [0.1, 0.15) is 65.2 Å². The van der Waals surface area contributed by atoms with Gasteiger partial charge in [0, 0.05) is 19.5 Å². The average Bonchev–Trinajstić information content (AvgIpc) is 2.46. The van der Waals surface area contributed by atoms with Crippen molar-refractivity contribution in [1.82, 2.24) is 10.2 Å². The standard InChI is InChI=1S/C16H30N2O2/c1-3-17-15(19)13-18(4-2)16(20)12-8-11-14-9-6-5-7-10-14/h14H,3-13H2,1-2H3,(H,17,19). The highest BCUT2D eigenvalue weighted by Crippen LogP contribution is 2.27. The van der Waals surface area contributed by atoms with Crippen LogP contribution in [-0.2, 0) is 9.59 Å². The smallest absolute Gasteiger partial charge is 0.239 e. The first-order valence-electron chi connectivity index (χ1n) is 8.21. The highest BCUT2D eigenvalue weighted by molar-refractivity contribution is 5.84. The van der Waals surface area contributed by atoms with Gasteiger partial charge in [-0.05, 0) is 32.6 Å². The van der Waals surface area contributed by atoms with Gasteiger partial charge in [-0.3, -0.25) is 9.59 Å². The molecule has 0 atom stereocenters. The van der Waals surface area contributed by atoms with E-state index in [1.54, 1.807) is 4.90 Å². The molecule has 20 heavy (non-hydrogen) atoms. The summed E-state index contributed by atoms with van der Waals surface area (Å²) in [4.78, 5) is 25.3. The minimum absolute atomic E-state index is 0.0602. The third-order valence-electron chi connectivity index (χ3n) is 4.17. The number of carbonyl (C=O) groups excluding carboxylic acids is 2. The minimum Gasteiger partial charge on any atom is -0.355 e. The second kappa shape index (κ2) is 9.78. The van der Waals surface area contributed by atoms with Crippen LogP contribution < -0.4 is 5.32 Å². The first-order chi connectivity index (χ1) is 9.67. The van der Waals surface area contributed by atoms with E-state index in [-0.39, 0.29) is 18.4 Å². The first-order valence-corrected chi connectivity index (χ1v) is 8.21. The van der Waals surface area contributed by atoms with Gasteiger partial charge >= 0.3 is 0 Å². The van der Waals surface area contributed by atoms with Gasteiger partial charge in [0.05, 0.1) is 6.54 Å². The molecule has 1 saturated carbocycles. The lowest BCUT2D eigenvalue weighted by Gasteiger charge is -2.23. The molecule has 4 heteroatoms. The zero-order valence-electron chi connectivity index (χ0n) is 13.1. The molecule has 0 aromatic heterocycles. The van der Waals surface area contributed by atoms with Crippen molar-refractivity contribution in [3.63, 3.8) is 0 Å². The van der Waals surface area contributed by atoms with Crippen LogP contribution in [0.3, 0.4) is 0 Å². The van der Waals surface area contributed by atoms with Crippen LogP contribution in [-0.4, -0.2) is 36.3 Å². The summed E-state index contributed by atoms with van der Waals surface area (Å²) in [5.41, 5.74) is 0. The molecule has 1 fully saturated rings. The van der Waals surface area contributed by atoms with Crippen LogP contribution in [0, 0.1) is 5.92 Å². The van der Waals surface area contributed by atoms with E-state index in [1.807, 2.05) is 13.8 Å². The van der Waals surface area contributed by atoms with Crippen molar-refractivity contribution < 1.29 is 9.59 Å². The summed E-state index contributed by atoms with van der Waals surface area (Å²) in [7, 11) is 0. The molecule has 0 unspecified atom stereocenters. The third kappa shape index (κ3) is 6.40. The number of hydrogen-bond acceptors (Lipinski definition) is 2. The SMILES string of the molecule is CCNC(=O)CN(CC)C(=O)CCCC1CCCCC1. The van der Waals surface area contributed by atoms with Crippen molar-refractivity contribution in [3.8, 4) is 0 Å². The summed E-state index contributed by atoms with van der Waals surface area (Å²) < 4.78 is 0. The van der Waals surface area contributed by atoms with E-state index in [4.69, 9.17) is 0 Å². The average molecular weight is 282 g/mol. The molecule has 0 heterocycles. The maximum absolute atomic E-state index is 12.1. The Morgan fingerprint density at radius 1 is 1.15 bits per heavy atom. The first kappa shape index (κ1) is 17.0. The molecule has 0 radical (unpaired) electrons. The number of rotatable bonds is 8. The quantitative estimate of drug-likeness (QED) is 0.744. The Kier molecular flexibility index (Phi) is 8.31. The summed E-state index contributed by atoms with van der Waals surface area (Å²) in [5, 5.41) is 2.74. The predicted molar refractivity (Wildman–Crippen MR) is 81.4 cm³/mol. The summed E-state index contributed by atoms with van der Waals surface area (Å²) in [5.74, 6) is 0.888. The van der Waals surface area contributed by atoms with E-state index >= 15 is 0 Å². The number of likely N-dealkylation sites (N-methyl/N-ethyl adjacent to an activating group) is 2. The Hall–Kier alpha value is -1.06. The second-order valence-corrected chi connectivity index (χ2v) is 5.76. The molecular weight excluding hydrogens is 252 g/mol. The maximum atomic E-state index is 12.1. The molecule has 1 N–H and O–H groups in total. The van der Waals surface area contributed by atoms with Gasteiger partial charge < -0.3 is 10.2 Å². The van der Waals surface area contributed by atoms with Crippen molar-refractivity contribution in [3.05, 3.63) is 0 Å². The second-order valence-electron chi connectivity index (χ2n) is 5.76. The number of hydrogen-bond donors (Lipinski definition) is 1. The Balaban J connectivity index is 2.22. The largest absolute Gasteiger partial charge is 0.355 e. The van der Waals surface area contributed by atoms with Crippen LogP contribution in [0.4, 0.5) is 0 Å². The fourth-order valence-corrected chi connectivity index (χ4v) is 2.98. The van der Waals surface area contributed by atoms with Gasteiger partial charge in [-0.15, -0.1) is 0 Å². The van der Waals surface area contributed by atoms with Crippen molar-refractivity contribution >= 4 is 11.8 Å². The molecule has 2 amide bonds. The van der Waals surface area contributed by atoms with Gasteiger partial charge in [-0.25, -0.2) is 0 Å². The maximum Gasteiger partial charge on any atom is 0.239 e. The number of nitrogens with zero attached hydrogens (tertiary/aromatic N) is 1. The molecular formula is C16H30N2O2. The van der Waals surface area contributed by atoms with Crippen molar-refractivity contribution in [2.24, 2.45) is 5.92 Å². The zero-order valence-corrected chi connectivity index (χ0v) is 13.1. The number of carbonyl (C=O) groups is 2. The summed E-state index contributed by atoms with van der Waals surface area (Å²) >= 11 is 0. The van der Waals surface area contributed by atoms with E-state index in [1.165, 1.54) is 38.5 Å². The fourth-order valence-electron chi connectivity index (χ4n) is 2.98. The van der Waals surface area contributed by atoms with Crippen LogP contribution in [0.5, 0.6) is 0 Å². The minimum atomic E-state index is -0.0602. The van der Waals surface area contributed by atoms with Gasteiger partial charge in [0.2, 0.25) is 11.8 Å². The van der Waals surface area contributed by atoms with Crippen LogP contribution in [0.25, 0.3) is 0 Å². The summed E-state index contributed by atoms with van der Waals surface area (Å²) in [6, 6.07) is 0. The molecule has 0 aliphatic heterocycles. The monoisotopic (exact) mass is 282 g/mol. The number of nitrogens with one attached hydrogen (secondary N) is 1. The highest BCUT2D eigenvalue weighted by Gasteiger charge is 2.17. The molecule has 1 aliphatic carbocycles. The summed E-state index contributed by atoms with van der Waals surface area (Å²) in [6.07, 6.45) is 9.50. The van der Waals surface area contributed by atoms with E-state index in [2.05, 4.69) is 5.32 Å². The third-order valence-corrected chi connectivity index (χ3v) is 4.17. The van der Waals surface area contributed by atoms with Crippen LogP contribution in [0.2, 0.25) is 0 Å². The number of amides is 2. The summed E-state index contributed by atoms with van der Waals surface area (Å²) in [6.45, 7) is 5.25. The molecule has 4 nitrogen and oxygen atoms in total. The Bertz CT molecular complexity index is 299. The lowest BCUT2D eigenvalue weighted by atomic mass is 9.86. The van der Waals surface area contributed by atoms with Crippen molar-refractivity contribution in [1.29, 1.82) is 0 Å². The molecule has 116 valence electrons. The molecule has 1 rings (SSSR count). The molecule has 0 aromatic rings. The Morgan fingerprint density at radius 3 is 2.45 bits per heavy atom. The van der Waals surface area contributed by atoms with E-state index in [9.17, 15) is 9.59 Å². The highest BCUT2D eigenvalue weighted by atomic mass is 16.2. The predicted octanol–water partition coefficient (Wildman–Crippen LogP) is 2.72. The molecule has 0 bridgehead atoms. The van der Waals surface area contributed by atoms with Gasteiger partial charge in [-0.2, -0.15) is 0 Å². The van der Waals surface area contributed by atoms with E-state index < -0.39 is 0 Å². The normalized spacial score (nSPS) is 15.9. The van der Waals surface area contributed by atoms with Gasteiger partial charge in [0.1, 0.15) is 0 Å². The van der Waals surface area contributed by atoms with E-state index in [0.717, 1.165) is 12.3 Å². The van der Waals surface area contributed by atoms with Crippen LogP contribution >= 0.6 is 0 Å². The van der Waals surface area contributed by atoms with E-state index in [0.29, 0.717) is 19.5 Å². The molecule has 0 spiro atoms.